The Hall–Kier alpha value is -2.87. The van der Waals surface area contributed by atoms with Gasteiger partial charge in [0.2, 0.25) is 0 Å². The lowest BCUT2D eigenvalue weighted by molar-refractivity contribution is -0.142. The van der Waals surface area contributed by atoms with E-state index in [1.165, 1.54) is 16.2 Å². The van der Waals surface area contributed by atoms with E-state index in [2.05, 4.69) is 54.6 Å². The molecule has 0 spiro atoms. The molecule has 4 aromatic rings. The van der Waals surface area contributed by atoms with E-state index in [0.717, 1.165) is 21.7 Å². The highest BCUT2D eigenvalue weighted by Crippen LogP contribution is 2.33. The molecular formula is C22H18O2. The van der Waals surface area contributed by atoms with Gasteiger partial charge in [0.15, 0.2) is 0 Å². The van der Waals surface area contributed by atoms with Crippen LogP contribution in [-0.2, 0) is 16.0 Å². The van der Waals surface area contributed by atoms with Crippen molar-refractivity contribution in [3.63, 3.8) is 0 Å². The van der Waals surface area contributed by atoms with Gasteiger partial charge in [-0.2, -0.15) is 0 Å². The van der Waals surface area contributed by atoms with Crippen LogP contribution < -0.4 is 0 Å². The van der Waals surface area contributed by atoms with Crippen LogP contribution in [0.5, 0.6) is 0 Å². The number of carbonyl (C=O) groups is 1. The lowest BCUT2D eigenvalue weighted by atomic mass is 9.92. The van der Waals surface area contributed by atoms with E-state index >= 15 is 0 Å². The molecule has 0 amide bonds. The van der Waals surface area contributed by atoms with Crippen molar-refractivity contribution in [1.82, 2.24) is 0 Å². The van der Waals surface area contributed by atoms with Crippen molar-refractivity contribution in [3.05, 3.63) is 72.3 Å². The number of ether oxygens (including phenoxy) is 1. The third-order valence-electron chi connectivity index (χ3n) is 4.51. The molecule has 0 N–H and O–H groups in total. The first kappa shape index (κ1) is 14.7. The summed E-state index contributed by atoms with van der Waals surface area (Å²) in [6.07, 6.45) is 0.296. The molecule has 0 aliphatic carbocycles. The Kier molecular flexibility index (Phi) is 3.66. The monoisotopic (exact) mass is 314 g/mol. The average molecular weight is 314 g/mol. The molecule has 0 bridgehead atoms. The van der Waals surface area contributed by atoms with Gasteiger partial charge in [-0.15, -0.1) is 0 Å². The van der Waals surface area contributed by atoms with E-state index in [1.807, 2.05) is 19.1 Å². The highest BCUT2D eigenvalue weighted by Gasteiger charge is 2.13. The fraction of sp³-hybridized carbons (Fsp3) is 0.136. The number of hydrogen-bond acceptors (Lipinski definition) is 2. The Morgan fingerprint density at radius 3 is 2.29 bits per heavy atom. The zero-order valence-electron chi connectivity index (χ0n) is 13.6. The standard InChI is InChI=1S/C22H18O2/c1-2-24-22(23)14-21-18-10-6-4-8-16(18)13-20-17-9-5-3-7-15(17)11-12-19(20)21/h3-13H,2,14H2,1H3. The normalized spacial score (nSPS) is 11.2. The van der Waals surface area contributed by atoms with Crippen LogP contribution in [0.2, 0.25) is 0 Å². The van der Waals surface area contributed by atoms with E-state index in [4.69, 9.17) is 4.74 Å². The van der Waals surface area contributed by atoms with Gasteiger partial charge in [-0.1, -0.05) is 60.7 Å². The Bertz CT molecular complexity index is 1060. The molecule has 4 rings (SSSR count). The maximum atomic E-state index is 12.1. The third-order valence-corrected chi connectivity index (χ3v) is 4.51. The van der Waals surface area contributed by atoms with Gasteiger partial charge in [-0.05, 0) is 50.9 Å². The predicted molar refractivity (Wildman–Crippen MR) is 99.3 cm³/mol. The van der Waals surface area contributed by atoms with E-state index in [0.29, 0.717) is 13.0 Å². The largest absolute Gasteiger partial charge is 0.466 e. The molecule has 24 heavy (non-hydrogen) atoms. The maximum absolute atomic E-state index is 12.1. The third kappa shape index (κ3) is 2.41. The number of esters is 1. The van der Waals surface area contributed by atoms with Crippen LogP contribution in [0.15, 0.2) is 66.7 Å². The first-order valence-electron chi connectivity index (χ1n) is 8.25. The molecule has 0 heterocycles. The molecule has 4 aromatic carbocycles. The Balaban J connectivity index is 2.08. The van der Waals surface area contributed by atoms with Crippen LogP contribution in [0, 0.1) is 0 Å². The molecule has 2 heteroatoms. The zero-order valence-corrected chi connectivity index (χ0v) is 13.6. The van der Waals surface area contributed by atoms with Crippen LogP contribution in [-0.4, -0.2) is 12.6 Å². The Morgan fingerprint density at radius 1 is 0.792 bits per heavy atom. The molecule has 0 aliphatic heterocycles. The van der Waals surface area contributed by atoms with Crippen LogP contribution in [0.3, 0.4) is 0 Å². The fourth-order valence-electron chi connectivity index (χ4n) is 3.46. The van der Waals surface area contributed by atoms with E-state index in [1.54, 1.807) is 0 Å². The quantitative estimate of drug-likeness (QED) is 0.293. The highest BCUT2D eigenvalue weighted by atomic mass is 16.5. The van der Waals surface area contributed by atoms with Crippen molar-refractivity contribution in [2.24, 2.45) is 0 Å². The molecule has 0 radical (unpaired) electrons. The second kappa shape index (κ2) is 5.97. The molecule has 0 fully saturated rings. The van der Waals surface area contributed by atoms with Crippen molar-refractivity contribution in [2.75, 3.05) is 6.61 Å². The number of hydrogen-bond donors (Lipinski definition) is 0. The van der Waals surface area contributed by atoms with Gasteiger partial charge >= 0.3 is 5.97 Å². The van der Waals surface area contributed by atoms with Gasteiger partial charge in [0, 0.05) is 0 Å². The summed E-state index contributed by atoms with van der Waals surface area (Å²) in [5.74, 6) is -0.177. The van der Waals surface area contributed by atoms with Crippen LogP contribution in [0.4, 0.5) is 0 Å². The second-order valence-corrected chi connectivity index (χ2v) is 5.94. The molecule has 118 valence electrons. The van der Waals surface area contributed by atoms with Crippen molar-refractivity contribution < 1.29 is 9.53 Å². The van der Waals surface area contributed by atoms with Crippen molar-refractivity contribution in [1.29, 1.82) is 0 Å². The van der Waals surface area contributed by atoms with E-state index in [9.17, 15) is 4.79 Å². The lowest BCUT2D eigenvalue weighted by Crippen LogP contribution is -2.08. The van der Waals surface area contributed by atoms with Crippen LogP contribution in [0.25, 0.3) is 32.3 Å². The van der Waals surface area contributed by atoms with Crippen molar-refractivity contribution in [2.45, 2.75) is 13.3 Å². The van der Waals surface area contributed by atoms with Gasteiger partial charge in [0.05, 0.1) is 13.0 Å². The minimum Gasteiger partial charge on any atom is -0.466 e. The predicted octanol–water partition coefficient (Wildman–Crippen LogP) is 5.25. The topological polar surface area (TPSA) is 26.3 Å². The summed E-state index contributed by atoms with van der Waals surface area (Å²) in [6.45, 7) is 2.25. The first-order chi connectivity index (χ1) is 11.8. The Labute approximate surface area is 140 Å². The number of carbonyl (C=O) groups excluding carboxylic acids is 1. The maximum Gasteiger partial charge on any atom is 0.310 e. The summed E-state index contributed by atoms with van der Waals surface area (Å²) < 4.78 is 5.19. The SMILES string of the molecule is CCOC(=O)Cc1c2ccccc2cc2c1ccc1ccccc12. The molecule has 0 unspecified atom stereocenters. The van der Waals surface area contributed by atoms with E-state index in [-0.39, 0.29) is 5.97 Å². The smallest absolute Gasteiger partial charge is 0.310 e. The van der Waals surface area contributed by atoms with Gasteiger partial charge in [-0.3, -0.25) is 4.79 Å². The Morgan fingerprint density at radius 2 is 1.50 bits per heavy atom. The summed E-state index contributed by atoms with van der Waals surface area (Å²) in [6, 6.07) is 23.1. The van der Waals surface area contributed by atoms with Gasteiger partial charge in [-0.25, -0.2) is 0 Å². The zero-order chi connectivity index (χ0) is 16.5. The molecule has 0 atom stereocenters. The van der Waals surface area contributed by atoms with Crippen molar-refractivity contribution >= 4 is 38.3 Å². The number of fused-ring (bicyclic) bond motifs is 4. The molecule has 0 aromatic heterocycles. The molecule has 0 saturated heterocycles. The van der Waals surface area contributed by atoms with Crippen LogP contribution in [0.1, 0.15) is 12.5 Å². The highest BCUT2D eigenvalue weighted by molar-refractivity contribution is 6.14. The first-order valence-corrected chi connectivity index (χ1v) is 8.25. The molecule has 0 saturated carbocycles. The minimum atomic E-state index is -0.177. The summed E-state index contributed by atoms with van der Waals surface area (Å²) in [4.78, 5) is 12.1. The van der Waals surface area contributed by atoms with E-state index < -0.39 is 0 Å². The lowest BCUT2D eigenvalue weighted by Gasteiger charge is -2.13. The number of benzene rings is 4. The van der Waals surface area contributed by atoms with Gasteiger partial charge < -0.3 is 4.74 Å². The fourth-order valence-corrected chi connectivity index (χ4v) is 3.46. The summed E-state index contributed by atoms with van der Waals surface area (Å²) in [5, 5.41) is 7.01. The van der Waals surface area contributed by atoms with Gasteiger partial charge in [0.25, 0.3) is 0 Å². The summed E-state index contributed by atoms with van der Waals surface area (Å²) in [5.41, 5.74) is 1.05. The average Bonchev–Trinajstić information content (AvgIpc) is 2.61. The number of rotatable bonds is 3. The van der Waals surface area contributed by atoms with Crippen LogP contribution >= 0.6 is 0 Å². The second-order valence-electron chi connectivity index (χ2n) is 5.94. The summed E-state index contributed by atoms with van der Waals surface area (Å²) >= 11 is 0. The minimum absolute atomic E-state index is 0.177. The van der Waals surface area contributed by atoms with Gasteiger partial charge in [0.1, 0.15) is 0 Å². The molecule has 0 aliphatic rings. The van der Waals surface area contributed by atoms with Crippen molar-refractivity contribution in [3.8, 4) is 0 Å². The summed E-state index contributed by atoms with van der Waals surface area (Å²) in [7, 11) is 0. The molecule has 2 nitrogen and oxygen atoms in total. The molecular weight excluding hydrogens is 296 g/mol.